The lowest BCUT2D eigenvalue weighted by molar-refractivity contribution is 0.0884. The van der Waals surface area contributed by atoms with Crippen LogP contribution >= 0.6 is 0 Å². The number of hydrogen-bond donors (Lipinski definition) is 2. The molecule has 0 saturated carbocycles. The van der Waals surface area contributed by atoms with Crippen molar-refractivity contribution in [2.75, 3.05) is 18.5 Å². The lowest BCUT2D eigenvalue weighted by atomic mass is 10.0. The van der Waals surface area contributed by atoms with Crippen LogP contribution in [0, 0.1) is 5.82 Å². The van der Waals surface area contributed by atoms with Gasteiger partial charge in [-0.05, 0) is 32.4 Å². The quantitative estimate of drug-likeness (QED) is 0.847. The highest BCUT2D eigenvalue weighted by atomic mass is 19.1. The van der Waals surface area contributed by atoms with E-state index in [9.17, 15) is 9.50 Å². The van der Waals surface area contributed by atoms with E-state index in [1.165, 1.54) is 6.07 Å². The first kappa shape index (κ1) is 13.9. The summed E-state index contributed by atoms with van der Waals surface area (Å²) in [5.74, 6) is -0.313. The minimum Gasteiger partial charge on any atom is -0.389 e. The van der Waals surface area contributed by atoms with Gasteiger partial charge in [-0.2, -0.15) is 0 Å². The molecule has 0 heterocycles. The fraction of sp³-hybridized carbons (Fsp3) is 0.538. The summed E-state index contributed by atoms with van der Waals surface area (Å²) in [5.41, 5.74) is 6.16. The third-order valence-corrected chi connectivity index (χ3v) is 2.51. The summed E-state index contributed by atoms with van der Waals surface area (Å²) < 4.78 is 13.9. The minimum absolute atomic E-state index is 0.245. The van der Waals surface area contributed by atoms with E-state index in [-0.39, 0.29) is 11.9 Å². The predicted molar refractivity (Wildman–Crippen MR) is 68.6 cm³/mol. The van der Waals surface area contributed by atoms with Crippen LogP contribution in [0.4, 0.5) is 10.1 Å². The number of likely N-dealkylation sites (N-methyl/N-ethyl adjacent to an activating group) is 1. The maximum absolute atomic E-state index is 13.9. The fourth-order valence-corrected chi connectivity index (χ4v) is 1.96. The molecular weight excluding hydrogens is 219 g/mol. The first-order chi connectivity index (χ1) is 7.72. The van der Waals surface area contributed by atoms with Gasteiger partial charge in [-0.25, -0.2) is 4.39 Å². The van der Waals surface area contributed by atoms with Gasteiger partial charge in [0.1, 0.15) is 5.82 Å². The number of benzene rings is 1. The van der Waals surface area contributed by atoms with Crippen molar-refractivity contribution in [1.29, 1.82) is 0 Å². The maximum atomic E-state index is 13.9. The van der Waals surface area contributed by atoms with E-state index >= 15 is 0 Å². The molecule has 0 aliphatic carbocycles. The zero-order valence-electron chi connectivity index (χ0n) is 10.9. The maximum Gasteiger partial charge on any atom is 0.146 e. The van der Waals surface area contributed by atoms with Crippen molar-refractivity contribution in [2.45, 2.75) is 32.4 Å². The number of nitrogens with zero attached hydrogens (tertiary/aromatic N) is 1. The normalized spacial score (nSPS) is 13.6. The van der Waals surface area contributed by atoms with E-state index in [1.807, 2.05) is 13.0 Å². The predicted octanol–water partition coefficient (Wildman–Crippen LogP) is 2.05. The molecule has 0 unspecified atom stereocenters. The Kier molecular flexibility index (Phi) is 4.11. The van der Waals surface area contributed by atoms with Crippen molar-refractivity contribution >= 4 is 5.69 Å². The summed E-state index contributed by atoms with van der Waals surface area (Å²) >= 11 is 0. The third kappa shape index (κ3) is 3.68. The van der Waals surface area contributed by atoms with Crippen molar-refractivity contribution in [2.24, 2.45) is 5.73 Å². The van der Waals surface area contributed by atoms with E-state index in [2.05, 4.69) is 0 Å². The summed E-state index contributed by atoms with van der Waals surface area (Å²) in [6.07, 6.45) is 0. The highest BCUT2D eigenvalue weighted by Gasteiger charge is 2.21. The van der Waals surface area contributed by atoms with Gasteiger partial charge < -0.3 is 15.7 Å². The molecule has 0 bridgehead atoms. The molecule has 4 heteroatoms. The Balaban J connectivity index is 3.11. The topological polar surface area (TPSA) is 49.5 Å². The molecule has 1 aromatic carbocycles. The molecule has 1 rings (SSSR count). The smallest absolute Gasteiger partial charge is 0.146 e. The molecule has 0 aliphatic heterocycles. The molecular formula is C13H21FN2O. The van der Waals surface area contributed by atoms with Gasteiger partial charge in [0, 0.05) is 19.6 Å². The van der Waals surface area contributed by atoms with Crippen LogP contribution in [0.3, 0.4) is 0 Å². The summed E-state index contributed by atoms with van der Waals surface area (Å²) in [6, 6.07) is 4.62. The van der Waals surface area contributed by atoms with Gasteiger partial charge in [-0.15, -0.1) is 0 Å². The van der Waals surface area contributed by atoms with Gasteiger partial charge in [0.05, 0.1) is 11.3 Å². The van der Waals surface area contributed by atoms with Crippen molar-refractivity contribution in [3.8, 4) is 0 Å². The average molecular weight is 240 g/mol. The Morgan fingerprint density at radius 1 is 1.47 bits per heavy atom. The van der Waals surface area contributed by atoms with Gasteiger partial charge in [0.15, 0.2) is 0 Å². The first-order valence-corrected chi connectivity index (χ1v) is 5.70. The number of hydrogen-bond acceptors (Lipinski definition) is 3. The lowest BCUT2D eigenvalue weighted by Crippen LogP contribution is -2.37. The number of nitrogens with two attached hydrogens (primary N) is 1. The number of anilines is 1. The van der Waals surface area contributed by atoms with Crippen LogP contribution in [-0.2, 0) is 0 Å². The zero-order chi connectivity index (χ0) is 13.2. The molecule has 3 nitrogen and oxygen atoms in total. The van der Waals surface area contributed by atoms with Crippen LogP contribution < -0.4 is 10.6 Å². The molecule has 0 radical (unpaired) electrons. The van der Waals surface area contributed by atoms with Gasteiger partial charge in [0.2, 0.25) is 0 Å². The summed E-state index contributed by atoms with van der Waals surface area (Å²) in [6.45, 7) is 5.54. The van der Waals surface area contributed by atoms with E-state index in [0.717, 1.165) is 5.56 Å². The molecule has 0 spiro atoms. The molecule has 0 aliphatic rings. The Morgan fingerprint density at radius 2 is 2.06 bits per heavy atom. The first-order valence-electron chi connectivity index (χ1n) is 5.70. The molecule has 3 N–H and O–H groups in total. The zero-order valence-corrected chi connectivity index (χ0v) is 10.9. The number of aliphatic hydroxyl groups is 1. The molecule has 0 aromatic heterocycles. The average Bonchev–Trinajstić information content (AvgIpc) is 2.13. The number of para-hydroxylation sites is 1. The molecule has 0 saturated heterocycles. The lowest BCUT2D eigenvalue weighted by Gasteiger charge is -2.30. The Morgan fingerprint density at radius 3 is 2.53 bits per heavy atom. The summed E-state index contributed by atoms with van der Waals surface area (Å²) in [5, 5.41) is 9.77. The Hall–Kier alpha value is -1.13. The van der Waals surface area contributed by atoms with Crippen molar-refractivity contribution < 1.29 is 9.50 Å². The highest BCUT2D eigenvalue weighted by molar-refractivity contribution is 5.55. The molecule has 0 fully saturated rings. The van der Waals surface area contributed by atoms with E-state index in [4.69, 9.17) is 5.73 Å². The summed E-state index contributed by atoms with van der Waals surface area (Å²) in [7, 11) is 1.75. The minimum atomic E-state index is -0.883. The van der Waals surface area contributed by atoms with Crippen LogP contribution in [0.2, 0.25) is 0 Å². The standard InChI is InChI=1S/C13H21FN2O/c1-9(15)10-6-5-7-11(14)12(10)16(4)8-13(2,3)17/h5-7,9,17H,8,15H2,1-4H3/t9-/m0/s1. The van der Waals surface area contributed by atoms with Crippen LogP contribution in [0.1, 0.15) is 32.4 Å². The number of halogens is 1. The van der Waals surface area contributed by atoms with Crippen LogP contribution in [0.25, 0.3) is 0 Å². The highest BCUT2D eigenvalue weighted by Crippen LogP contribution is 2.28. The second kappa shape index (κ2) is 5.02. The third-order valence-electron chi connectivity index (χ3n) is 2.51. The van der Waals surface area contributed by atoms with Crippen molar-refractivity contribution in [3.05, 3.63) is 29.6 Å². The van der Waals surface area contributed by atoms with Crippen molar-refractivity contribution in [1.82, 2.24) is 0 Å². The van der Waals surface area contributed by atoms with E-state index < -0.39 is 5.60 Å². The van der Waals surface area contributed by atoms with Gasteiger partial charge in [-0.1, -0.05) is 12.1 Å². The van der Waals surface area contributed by atoms with E-state index in [1.54, 1.807) is 31.9 Å². The van der Waals surface area contributed by atoms with Crippen molar-refractivity contribution in [3.63, 3.8) is 0 Å². The molecule has 1 aromatic rings. The van der Waals surface area contributed by atoms with Gasteiger partial charge in [0.25, 0.3) is 0 Å². The monoisotopic (exact) mass is 240 g/mol. The summed E-state index contributed by atoms with van der Waals surface area (Å²) in [4.78, 5) is 1.70. The van der Waals surface area contributed by atoms with Crippen LogP contribution in [0.5, 0.6) is 0 Å². The second-order valence-electron chi connectivity index (χ2n) is 5.13. The van der Waals surface area contributed by atoms with Gasteiger partial charge in [-0.3, -0.25) is 0 Å². The molecule has 17 heavy (non-hydrogen) atoms. The Bertz CT molecular complexity index is 385. The largest absolute Gasteiger partial charge is 0.389 e. The fourth-order valence-electron chi connectivity index (χ4n) is 1.96. The molecule has 96 valence electrons. The van der Waals surface area contributed by atoms with E-state index in [0.29, 0.717) is 12.2 Å². The second-order valence-corrected chi connectivity index (χ2v) is 5.13. The van der Waals surface area contributed by atoms with Gasteiger partial charge >= 0.3 is 0 Å². The molecule has 1 atom stereocenters. The van der Waals surface area contributed by atoms with Crippen LogP contribution in [-0.4, -0.2) is 24.3 Å². The SMILES string of the molecule is C[C@H](N)c1cccc(F)c1N(C)CC(C)(C)O. The molecule has 0 amide bonds. The van der Waals surface area contributed by atoms with Crippen LogP contribution in [0.15, 0.2) is 18.2 Å². The Labute approximate surface area is 102 Å². The number of rotatable bonds is 4.